The molecule has 0 spiro atoms. The van der Waals surface area contributed by atoms with Gasteiger partial charge in [-0.25, -0.2) is 23.6 Å². The lowest BCUT2D eigenvalue weighted by molar-refractivity contribution is -0.138. The first kappa shape index (κ1) is 49.9. The maximum Gasteiger partial charge on any atom is 0.343 e. The molecule has 10 nitrogen and oxygen atoms in total. The first-order valence-corrected chi connectivity index (χ1v) is 22.1. The summed E-state index contributed by atoms with van der Waals surface area (Å²) in [4.78, 5) is 47.5. The van der Waals surface area contributed by atoms with Gasteiger partial charge in [0.15, 0.2) is 11.6 Å². The van der Waals surface area contributed by atoms with E-state index in [1.54, 1.807) is 48.5 Å². The van der Waals surface area contributed by atoms with Crippen LogP contribution in [0.1, 0.15) is 149 Å². The van der Waals surface area contributed by atoms with E-state index in [0.29, 0.717) is 37.9 Å². The highest BCUT2D eigenvalue weighted by molar-refractivity contribution is 5.92. The Morgan fingerprint density at radius 2 is 0.754 bits per heavy atom. The largest absolute Gasteiger partial charge is 0.494 e. The number of hydrogen-bond donors (Lipinski definition) is 0. The smallest absolute Gasteiger partial charge is 0.343 e. The molecule has 3 rings (SSSR count). The Kier molecular flexibility index (Phi) is 25.7. The second-order valence-electron chi connectivity index (χ2n) is 14.9. The Morgan fingerprint density at radius 1 is 0.426 bits per heavy atom. The van der Waals surface area contributed by atoms with Crippen molar-refractivity contribution in [3.63, 3.8) is 0 Å². The van der Waals surface area contributed by atoms with Crippen LogP contribution in [-0.4, -0.2) is 50.3 Å². The van der Waals surface area contributed by atoms with Crippen molar-refractivity contribution in [2.45, 2.75) is 128 Å². The standard InChI is InChI=1S/C50H65FO10/c1-3-47(52)58-37-23-19-15-11-7-5-9-13-17-21-35-56-42-29-25-40(26-30-42)49(54)60-44-33-34-46(45(51)39-44)61-50(55)41-27-31-43(32-28-41)57-36-22-18-14-10-6-8-12-16-20-24-38-59-48(53)4-2/h3-4,25-34,39H,1-2,5-24,35-38H2. The SMILES string of the molecule is C=CC(=O)OCCCCCCCCCCCCOc1ccc(C(=O)Oc2ccc(OC(=O)c3ccc(OCCCCCCCCCCCCOC(=O)C=C)cc3)c(F)c2)cc1. The number of halogens is 1. The molecule has 332 valence electrons. The molecule has 11 heteroatoms. The second-order valence-corrected chi connectivity index (χ2v) is 14.9. The Hall–Kier alpha value is -5.45. The van der Waals surface area contributed by atoms with Gasteiger partial charge in [-0.2, -0.15) is 0 Å². The minimum Gasteiger partial charge on any atom is -0.494 e. The number of hydrogen-bond acceptors (Lipinski definition) is 10. The maximum absolute atomic E-state index is 14.9. The molecule has 0 aliphatic rings. The zero-order valence-electron chi connectivity index (χ0n) is 35.9. The van der Waals surface area contributed by atoms with Crippen molar-refractivity contribution in [2.75, 3.05) is 26.4 Å². The third kappa shape index (κ3) is 22.7. The third-order valence-corrected chi connectivity index (χ3v) is 9.93. The highest BCUT2D eigenvalue weighted by Gasteiger charge is 2.15. The van der Waals surface area contributed by atoms with E-state index in [-0.39, 0.29) is 34.6 Å². The van der Waals surface area contributed by atoms with Gasteiger partial charge in [-0.1, -0.05) is 116 Å². The molecule has 0 bridgehead atoms. The van der Waals surface area contributed by atoms with Gasteiger partial charge in [0.2, 0.25) is 0 Å². The Labute approximate surface area is 361 Å². The van der Waals surface area contributed by atoms with Crippen LogP contribution < -0.4 is 18.9 Å². The van der Waals surface area contributed by atoms with Crippen LogP contribution in [0.15, 0.2) is 92.0 Å². The minimum absolute atomic E-state index is 0.0261. The van der Waals surface area contributed by atoms with E-state index in [2.05, 4.69) is 13.2 Å². The van der Waals surface area contributed by atoms with Crippen molar-refractivity contribution in [3.05, 3.63) is 109 Å². The van der Waals surface area contributed by atoms with E-state index in [9.17, 15) is 23.6 Å². The predicted molar refractivity (Wildman–Crippen MR) is 235 cm³/mol. The van der Waals surface area contributed by atoms with Crippen LogP contribution in [-0.2, 0) is 19.1 Å². The molecule has 0 N–H and O–H groups in total. The number of rotatable bonds is 34. The second kappa shape index (κ2) is 31.4. The average molecular weight is 845 g/mol. The van der Waals surface area contributed by atoms with Crippen LogP contribution in [0.3, 0.4) is 0 Å². The summed E-state index contributed by atoms with van der Waals surface area (Å²) >= 11 is 0. The molecule has 0 saturated carbocycles. The average Bonchev–Trinajstić information content (AvgIpc) is 3.27. The number of carbonyl (C=O) groups is 4. The molecule has 0 aliphatic heterocycles. The van der Waals surface area contributed by atoms with Gasteiger partial charge in [-0.05, 0) is 86.3 Å². The van der Waals surface area contributed by atoms with Crippen molar-refractivity contribution in [1.29, 1.82) is 0 Å². The molecule has 0 aromatic heterocycles. The lowest BCUT2D eigenvalue weighted by Crippen LogP contribution is -2.11. The highest BCUT2D eigenvalue weighted by atomic mass is 19.1. The van der Waals surface area contributed by atoms with Gasteiger partial charge in [0.25, 0.3) is 0 Å². The van der Waals surface area contributed by atoms with E-state index in [1.807, 2.05) is 0 Å². The molecule has 0 saturated heterocycles. The van der Waals surface area contributed by atoms with Crippen LogP contribution in [0, 0.1) is 5.82 Å². The van der Waals surface area contributed by atoms with E-state index in [0.717, 1.165) is 83.1 Å². The molecule has 0 radical (unpaired) electrons. The van der Waals surface area contributed by atoms with E-state index in [1.165, 1.54) is 75.7 Å². The summed E-state index contributed by atoms with van der Waals surface area (Å²) in [5.74, 6) is -1.98. The lowest BCUT2D eigenvalue weighted by atomic mass is 10.1. The fourth-order valence-electron chi connectivity index (χ4n) is 6.41. The molecule has 61 heavy (non-hydrogen) atoms. The number of unbranched alkanes of at least 4 members (excludes halogenated alkanes) is 18. The third-order valence-electron chi connectivity index (χ3n) is 9.93. The fraction of sp³-hybridized carbons (Fsp3) is 0.480. The van der Waals surface area contributed by atoms with Gasteiger partial charge in [0, 0.05) is 18.2 Å². The molecule has 0 atom stereocenters. The quantitative estimate of drug-likeness (QED) is 0.0248. The van der Waals surface area contributed by atoms with Crippen LogP contribution in [0.25, 0.3) is 0 Å². The summed E-state index contributed by atoms with van der Waals surface area (Å²) < 4.78 is 47.1. The van der Waals surface area contributed by atoms with Gasteiger partial charge in [0.1, 0.15) is 17.2 Å². The van der Waals surface area contributed by atoms with Crippen molar-refractivity contribution in [1.82, 2.24) is 0 Å². The van der Waals surface area contributed by atoms with E-state index in [4.69, 9.17) is 28.4 Å². The molecule has 0 heterocycles. The Balaban J connectivity index is 1.22. The van der Waals surface area contributed by atoms with Crippen LogP contribution in [0.5, 0.6) is 23.0 Å². The van der Waals surface area contributed by atoms with Crippen LogP contribution >= 0.6 is 0 Å². The van der Waals surface area contributed by atoms with Crippen molar-refractivity contribution < 1.29 is 52.0 Å². The van der Waals surface area contributed by atoms with Crippen molar-refractivity contribution >= 4 is 23.9 Å². The lowest BCUT2D eigenvalue weighted by Gasteiger charge is -2.10. The maximum atomic E-state index is 14.9. The van der Waals surface area contributed by atoms with Gasteiger partial charge in [0.05, 0.1) is 37.6 Å². The molecule has 0 amide bonds. The fourth-order valence-corrected chi connectivity index (χ4v) is 6.41. The summed E-state index contributed by atoms with van der Waals surface area (Å²) in [6, 6.07) is 16.7. The van der Waals surface area contributed by atoms with Crippen molar-refractivity contribution in [3.8, 4) is 23.0 Å². The van der Waals surface area contributed by atoms with Crippen LogP contribution in [0.2, 0.25) is 0 Å². The predicted octanol–water partition coefficient (Wildman–Crippen LogP) is 12.3. The summed E-state index contributed by atoms with van der Waals surface area (Å²) in [6.45, 7) is 8.86. The number of esters is 4. The summed E-state index contributed by atoms with van der Waals surface area (Å²) in [7, 11) is 0. The van der Waals surface area contributed by atoms with E-state index < -0.39 is 17.8 Å². The number of carbonyl (C=O) groups excluding carboxylic acids is 4. The first-order valence-electron chi connectivity index (χ1n) is 22.1. The molecular weight excluding hydrogens is 780 g/mol. The Bertz CT molecular complexity index is 1740. The van der Waals surface area contributed by atoms with E-state index >= 15 is 0 Å². The molecule has 0 fully saturated rings. The normalized spacial score (nSPS) is 10.7. The molecule has 3 aromatic carbocycles. The molecule has 0 unspecified atom stereocenters. The number of benzene rings is 3. The van der Waals surface area contributed by atoms with Crippen LogP contribution in [0.4, 0.5) is 4.39 Å². The van der Waals surface area contributed by atoms with Crippen molar-refractivity contribution in [2.24, 2.45) is 0 Å². The molecular formula is C50H65FO10. The topological polar surface area (TPSA) is 124 Å². The number of ether oxygens (including phenoxy) is 6. The first-order chi connectivity index (χ1) is 29.8. The highest BCUT2D eigenvalue weighted by Crippen LogP contribution is 2.25. The summed E-state index contributed by atoms with van der Waals surface area (Å²) in [6.07, 6.45) is 24.6. The summed E-state index contributed by atoms with van der Waals surface area (Å²) in [5, 5.41) is 0. The molecule has 0 aliphatic carbocycles. The molecule has 3 aromatic rings. The van der Waals surface area contributed by atoms with Gasteiger partial charge in [-0.15, -0.1) is 0 Å². The summed E-state index contributed by atoms with van der Waals surface area (Å²) in [5.41, 5.74) is 0.521. The monoisotopic (exact) mass is 844 g/mol. The zero-order chi connectivity index (χ0) is 43.8. The Morgan fingerprint density at radius 3 is 1.11 bits per heavy atom. The zero-order valence-corrected chi connectivity index (χ0v) is 35.9. The van der Waals surface area contributed by atoms with Gasteiger partial charge >= 0.3 is 23.9 Å². The van der Waals surface area contributed by atoms with Gasteiger partial charge in [-0.3, -0.25) is 0 Å². The van der Waals surface area contributed by atoms with Gasteiger partial charge < -0.3 is 28.4 Å². The minimum atomic E-state index is -0.847.